The summed E-state index contributed by atoms with van der Waals surface area (Å²) in [6.07, 6.45) is 0. The number of aromatic nitrogens is 1. The zero-order valence-corrected chi connectivity index (χ0v) is 67.4. The van der Waals surface area contributed by atoms with Crippen molar-refractivity contribution in [3.05, 3.63) is 338 Å². The second kappa shape index (κ2) is 25.9. The van der Waals surface area contributed by atoms with Crippen LogP contribution in [-0.4, -0.2) is 11.3 Å². The van der Waals surface area contributed by atoms with Crippen LogP contribution in [0.5, 0.6) is 0 Å². The highest BCUT2D eigenvalue weighted by Gasteiger charge is 2.46. The minimum atomic E-state index is -0.313. The highest BCUT2D eigenvalue weighted by atomic mass is 32.1. The molecule has 0 N–H and O–H groups in total. The summed E-state index contributed by atoms with van der Waals surface area (Å²) in [6.45, 7) is 27.5. The van der Waals surface area contributed by atoms with E-state index >= 15 is 0 Å². The quantitative estimate of drug-likeness (QED) is 0.133. The third kappa shape index (κ3) is 11.3. The molecule has 0 unspecified atom stereocenters. The fourth-order valence-electron chi connectivity index (χ4n) is 18.3. The van der Waals surface area contributed by atoms with Crippen LogP contribution in [0, 0.1) is 0 Å². The van der Waals surface area contributed by atoms with Crippen molar-refractivity contribution in [3.63, 3.8) is 0 Å². The Labute approximate surface area is 666 Å². The van der Waals surface area contributed by atoms with E-state index in [2.05, 4.69) is 413 Å². The number of hydrogen-bond donors (Lipinski definition) is 0. The molecule has 0 amide bonds. The number of anilines is 6. The van der Waals surface area contributed by atoms with Gasteiger partial charge in [0, 0.05) is 96.1 Å². The first kappa shape index (κ1) is 69.4. The van der Waals surface area contributed by atoms with Gasteiger partial charge in [0.2, 0.25) is 0 Å². The van der Waals surface area contributed by atoms with Gasteiger partial charge in [-0.15, -0.1) is 22.7 Å². The molecule has 5 heterocycles. The lowest BCUT2D eigenvalue weighted by Crippen LogP contribution is -2.61. The Morgan fingerprint density at radius 3 is 0.893 bits per heavy atom. The van der Waals surface area contributed by atoms with Crippen LogP contribution >= 0.6 is 22.7 Å². The average molecular weight is 1480 g/mol. The molecule has 15 aromatic carbocycles. The normalized spacial score (nSPS) is 13.1. The molecule has 6 heteroatoms. The van der Waals surface area contributed by atoms with Gasteiger partial charge in [-0.1, -0.05) is 338 Å². The van der Waals surface area contributed by atoms with Crippen LogP contribution in [0.3, 0.4) is 0 Å². The van der Waals surface area contributed by atoms with Crippen molar-refractivity contribution in [2.75, 3.05) is 9.80 Å². The summed E-state index contributed by atoms with van der Waals surface area (Å²) in [4.78, 5) is 5.47. The van der Waals surface area contributed by atoms with E-state index in [1.54, 1.807) is 0 Å². The molecule has 0 saturated carbocycles. The number of fused-ring (bicyclic) bond motifs is 13. The molecule has 542 valence electrons. The Morgan fingerprint density at radius 2 is 0.545 bits per heavy atom. The van der Waals surface area contributed by atoms with Gasteiger partial charge in [0.05, 0.1) is 28.1 Å². The third-order valence-electron chi connectivity index (χ3n) is 24.1. The van der Waals surface area contributed by atoms with Crippen LogP contribution in [0.2, 0.25) is 0 Å². The monoisotopic (exact) mass is 1480 g/mol. The van der Waals surface area contributed by atoms with Gasteiger partial charge in [-0.25, -0.2) is 0 Å². The lowest BCUT2D eigenvalue weighted by molar-refractivity contribution is 0.590. The van der Waals surface area contributed by atoms with Crippen molar-refractivity contribution in [2.24, 2.45) is 0 Å². The minimum Gasteiger partial charge on any atom is -0.310 e. The molecule has 0 spiro atoms. The van der Waals surface area contributed by atoms with E-state index in [4.69, 9.17) is 0 Å². The van der Waals surface area contributed by atoms with Crippen LogP contribution in [0.1, 0.15) is 105 Å². The lowest BCUT2D eigenvalue weighted by atomic mass is 9.33. The number of rotatable bonds is 9. The Kier molecular flexibility index (Phi) is 16.0. The lowest BCUT2D eigenvalue weighted by Gasteiger charge is -2.46. The molecule has 2 aliphatic rings. The Balaban J connectivity index is 0.981. The SMILES string of the molecule is CC(C)(C)c1ccc(-c2cccc(-c3ccc(C(C)(C)C)cc3)c2N2c3ccc(-c4cccc5sc6ccccc6c45)cc3B3c4cc(-c5cccc6sc7ccccc7c56)ccc4N(c4c(-c5ccc(C(C)(C)C)cc5)cccc4-c4ccc(C(C)(C)C)cc4)c4cc(-n5c6ccccc6c6ccccc65)cc2c43)cc1. The molecule has 0 saturated heterocycles. The van der Waals surface area contributed by atoms with Gasteiger partial charge in [-0.3, -0.25) is 0 Å². The van der Waals surface area contributed by atoms with Crippen molar-refractivity contribution >= 4 is 142 Å². The summed E-state index contributed by atoms with van der Waals surface area (Å²) in [5.41, 5.74) is 32.8. The molecule has 0 radical (unpaired) electrons. The van der Waals surface area contributed by atoms with Gasteiger partial charge in [-0.2, -0.15) is 0 Å². The maximum atomic E-state index is 2.74. The van der Waals surface area contributed by atoms with Crippen molar-refractivity contribution in [1.29, 1.82) is 0 Å². The van der Waals surface area contributed by atoms with Gasteiger partial charge in [0.1, 0.15) is 0 Å². The van der Waals surface area contributed by atoms with Gasteiger partial charge >= 0.3 is 0 Å². The minimum absolute atomic E-state index is 0.0568. The van der Waals surface area contributed by atoms with E-state index in [0.717, 1.165) is 95.4 Å². The van der Waals surface area contributed by atoms with E-state index in [1.165, 1.54) is 112 Å². The third-order valence-corrected chi connectivity index (χ3v) is 26.4. The summed E-state index contributed by atoms with van der Waals surface area (Å²) < 4.78 is 7.71. The smallest absolute Gasteiger partial charge is 0.252 e. The van der Waals surface area contributed by atoms with Crippen molar-refractivity contribution in [3.8, 4) is 72.4 Å². The molecule has 3 nitrogen and oxygen atoms in total. The zero-order valence-electron chi connectivity index (χ0n) is 65.8. The summed E-state index contributed by atoms with van der Waals surface area (Å²) >= 11 is 3.77. The second-order valence-corrected chi connectivity index (χ2v) is 37.4. The van der Waals surface area contributed by atoms with Crippen molar-refractivity contribution < 1.29 is 0 Å². The summed E-state index contributed by atoms with van der Waals surface area (Å²) in [5, 5.41) is 7.57. The molecule has 3 aromatic heterocycles. The van der Waals surface area contributed by atoms with Crippen LogP contribution in [0.25, 0.3) is 135 Å². The number of para-hydroxylation sites is 4. The first-order valence-electron chi connectivity index (χ1n) is 39.6. The van der Waals surface area contributed by atoms with Crippen molar-refractivity contribution in [1.82, 2.24) is 4.57 Å². The predicted octanol–water partition coefficient (Wildman–Crippen LogP) is 28.8. The van der Waals surface area contributed by atoms with Crippen LogP contribution < -0.4 is 26.2 Å². The second-order valence-electron chi connectivity index (χ2n) is 35.2. The van der Waals surface area contributed by atoms with Crippen LogP contribution in [-0.2, 0) is 21.7 Å². The summed E-state index contributed by atoms with van der Waals surface area (Å²) in [5.74, 6) is 0. The molecular weight excluding hydrogens is 1390 g/mol. The first-order chi connectivity index (χ1) is 54.1. The van der Waals surface area contributed by atoms with E-state index in [0.29, 0.717) is 0 Å². The maximum absolute atomic E-state index is 2.74. The Morgan fingerprint density at radius 1 is 0.250 bits per heavy atom. The first-order valence-corrected chi connectivity index (χ1v) is 41.3. The van der Waals surface area contributed by atoms with E-state index in [1.807, 2.05) is 22.7 Å². The molecular formula is C106H88BN3S2. The molecule has 0 bridgehead atoms. The van der Waals surface area contributed by atoms with E-state index in [-0.39, 0.29) is 28.4 Å². The molecule has 20 rings (SSSR count). The molecule has 0 fully saturated rings. The largest absolute Gasteiger partial charge is 0.310 e. The van der Waals surface area contributed by atoms with E-state index in [9.17, 15) is 0 Å². The van der Waals surface area contributed by atoms with Crippen LogP contribution in [0.15, 0.2) is 315 Å². The van der Waals surface area contributed by atoms with Gasteiger partial charge in [0.25, 0.3) is 6.71 Å². The molecule has 2 aliphatic heterocycles. The zero-order chi connectivity index (χ0) is 76.4. The Hall–Kier alpha value is -11.8. The van der Waals surface area contributed by atoms with Gasteiger partial charge < -0.3 is 14.4 Å². The van der Waals surface area contributed by atoms with Crippen LogP contribution in [0.4, 0.5) is 34.1 Å². The Bertz CT molecular complexity index is 6280. The topological polar surface area (TPSA) is 11.4 Å². The standard InChI is InChI=1S/C106H88BN3S2/c1-103(2,3)71-51-41-65(42-52-71)78-31-21-32-79(66-43-53-72(54-44-66)104(4,5)6)101(78)109-90-59-49-69(76-29-23-39-96-98(76)84-27-15-19-37-94(84)111-96)61-86(90)107-87-62-70(77-30-24-40-97-99(77)85-28-16-20-38-95(85)112-97)50-60-91(87)110(93-64-75(63-92(109)100(93)107)108-88-35-17-13-25-82(88)83-26-14-18-36-89(83)108)102-80(67-45-55-73(56-46-67)105(7,8)9)33-22-34-81(102)68-47-57-74(58-48-68)106(10,11)12/h13-64H,1-12H3. The van der Waals surface area contributed by atoms with E-state index < -0.39 is 0 Å². The number of thiophene rings is 2. The number of hydrogen-bond acceptors (Lipinski definition) is 4. The molecule has 0 aliphatic carbocycles. The van der Waals surface area contributed by atoms with Gasteiger partial charge in [-0.05, 0) is 165 Å². The summed E-state index contributed by atoms with van der Waals surface area (Å²) in [7, 11) is 0. The van der Waals surface area contributed by atoms with Gasteiger partial charge in [0.15, 0.2) is 0 Å². The predicted molar refractivity (Wildman–Crippen MR) is 488 cm³/mol. The molecule has 112 heavy (non-hydrogen) atoms. The average Bonchev–Trinajstić information content (AvgIpc) is 0.949. The highest BCUT2D eigenvalue weighted by Crippen LogP contribution is 2.56. The number of benzene rings is 15. The fourth-order valence-corrected chi connectivity index (χ4v) is 20.5. The molecule has 18 aromatic rings. The summed E-state index contributed by atoms with van der Waals surface area (Å²) in [6, 6.07) is 122. The molecule has 0 atom stereocenters. The number of nitrogens with zero attached hydrogens (tertiary/aromatic N) is 3. The fraction of sp³-hybridized carbons (Fsp3) is 0.151. The highest BCUT2D eigenvalue weighted by molar-refractivity contribution is 7.26. The maximum Gasteiger partial charge on any atom is 0.252 e. The van der Waals surface area contributed by atoms with Crippen molar-refractivity contribution in [2.45, 2.75) is 105 Å².